The molecule has 6 N–H and O–H groups in total. The zero-order valence-corrected chi connectivity index (χ0v) is 8.27. The summed E-state index contributed by atoms with van der Waals surface area (Å²) >= 11 is 0. The van der Waals surface area contributed by atoms with Crippen LogP contribution in [-0.4, -0.2) is 33.6 Å². The van der Waals surface area contributed by atoms with E-state index >= 15 is 0 Å². The lowest BCUT2D eigenvalue weighted by molar-refractivity contribution is -0.125. The van der Waals surface area contributed by atoms with Gasteiger partial charge >= 0.3 is 0 Å². The summed E-state index contributed by atoms with van der Waals surface area (Å²) in [6, 6.07) is 1.50. The van der Waals surface area contributed by atoms with Gasteiger partial charge in [0, 0.05) is 6.07 Å². The fraction of sp³-hybridized carbons (Fsp3) is 0.375. The van der Waals surface area contributed by atoms with Crippen molar-refractivity contribution in [3.05, 3.63) is 11.9 Å². The Morgan fingerprint density at radius 3 is 2.87 bits per heavy atom. The highest BCUT2D eigenvalue weighted by molar-refractivity contribution is 5.79. The van der Waals surface area contributed by atoms with Crippen LogP contribution in [-0.2, 0) is 4.79 Å². The number of aliphatic hydroxyl groups is 1. The van der Waals surface area contributed by atoms with Crippen molar-refractivity contribution in [2.75, 3.05) is 17.6 Å². The molecule has 0 aliphatic rings. The van der Waals surface area contributed by atoms with E-state index < -0.39 is 12.0 Å². The number of hydrogen-bond donors (Lipinski definition) is 4. The summed E-state index contributed by atoms with van der Waals surface area (Å²) in [6.07, 6.45) is -1.25. The van der Waals surface area contributed by atoms with E-state index in [-0.39, 0.29) is 6.54 Å². The first-order valence-electron chi connectivity index (χ1n) is 4.31. The van der Waals surface area contributed by atoms with Crippen LogP contribution in [0.3, 0.4) is 0 Å². The Balaban J connectivity index is 2.61. The maximum absolute atomic E-state index is 10.5. The molecule has 0 saturated heterocycles. The van der Waals surface area contributed by atoms with Crippen molar-refractivity contribution in [2.45, 2.75) is 13.0 Å². The summed E-state index contributed by atoms with van der Waals surface area (Å²) in [5, 5.41) is 11.8. The van der Waals surface area contributed by atoms with Crippen LogP contribution in [0.1, 0.15) is 5.82 Å². The van der Waals surface area contributed by atoms with Crippen molar-refractivity contribution >= 4 is 17.5 Å². The number of nitrogens with two attached hydrogens (primary N) is 2. The number of aliphatic hydroxyl groups excluding tert-OH is 1. The first kappa shape index (κ1) is 11.2. The number of hydrogen-bond acceptors (Lipinski definition) is 6. The van der Waals surface area contributed by atoms with Gasteiger partial charge in [0.05, 0.1) is 6.54 Å². The molecule has 1 aromatic rings. The zero-order chi connectivity index (χ0) is 11.4. The largest absolute Gasteiger partial charge is 0.384 e. The topological polar surface area (TPSA) is 127 Å². The molecule has 1 aromatic heterocycles. The van der Waals surface area contributed by atoms with E-state index in [1.807, 2.05) is 0 Å². The average molecular weight is 211 g/mol. The van der Waals surface area contributed by atoms with Crippen LogP contribution in [0.5, 0.6) is 0 Å². The molecule has 1 amide bonds. The Kier molecular flexibility index (Phi) is 3.40. The summed E-state index contributed by atoms with van der Waals surface area (Å²) in [5.74, 6) is 0.478. The van der Waals surface area contributed by atoms with Gasteiger partial charge in [-0.1, -0.05) is 0 Å². The molecule has 82 valence electrons. The summed E-state index contributed by atoms with van der Waals surface area (Å²) in [4.78, 5) is 18.4. The van der Waals surface area contributed by atoms with Crippen LogP contribution in [0.4, 0.5) is 11.6 Å². The van der Waals surface area contributed by atoms with Crippen molar-refractivity contribution in [1.82, 2.24) is 9.97 Å². The van der Waals surface area contributed by atoms with Crippen LogP contribution < -0.4 is 16.8 Å². The summed E-state index contributed by atoms with van der Waals surface area (Å²) in [6.45, 7) is 1.68. The number of aromatic nitrogens is 2. The van der Waals surface area contributed by atoms with Crippen molar-refractivity contribution < 1.29 is 9.90 Å². The number of amides is 1. The van der Waals surface area contributed by atoms with Gasteiger partial charge < -0.3 is 21.9 Å². The highest BCUT2D eigenvalue weighted by Crippen LogP contribution is 2.07. The third kappa shape index (κ3) is 3.39. The highest BCUT2D eigenvalue weighted by Gasteiger charge is 2.10. The van der Waals surface area contributed by atoms with E-state index in [1.54, 1.807) is 6.92 Å². The molecule has 0 aliphatic heterocycles. The molecule has 7 heteroatoms. The predicted octanol–water partition coefficient (Wildman–Crippen LogP) is -1.37. The third-order valence-electron chi connectivity index (χ3n) is 1.66. The fourth-order valence-corrected chi connectivity index (χ4v) is 0.983. The Bertz CT molecular complexity index is 348. The van der Waals surface area contributed by atoms with Gasteiger partial charge in [0.2, 0.25) is 5.91 Å². The standard InChI is InChI=1S/C8H13N5O2/c1-4-12-6(9)2-7(13-4)11-3-5(14)8(10)15/h2,5,14H,3H2,1H3,(H2,10,15)(H3,9,11,12,13). The number of primary amides is 1. The molecule has 0 aromatic carbocycles. The quantitative estimate of drug-likeness (QED) is 0.486. The molecule has 7 nitrogen and oxygen atoms in total. The lowest BCUT2D eigenvalue weighted by atomic mass is 10.3. The molecule has 0 bridgehead atoms. The van der Waals surface area contributed by atoms with Gasteiger partial charge in [0.15, 0.2) is 0 Å². The van der Waals surface area contributed by atoms with Crippen LogP contribution in [0.15, 0.2) is 6.07 Å². The van der Waals surface area contributed by atoms with E-state index in [4.69, 9.17) is 16.6 Å². The molecule has 0 spiro atoms. The Labute approximate surface area is 86.5 Å². The van der Waals surface area contributed by atoms with Crippen molar-refractivity contribution in [3.8, 4) is 0 Å². The number of nitrogens with zero attached hydrogens (tertiary/aromatic N) is 2. The van der Waals surface area contributed by atoms with Gasteiger partial charge in [-0.15, -0.1) is 0 Å². The minimum absolute atomic E-state index is 0.00870. The molecule has 0 saturated carbocycles. The smallest absolute Gasteiger partial charge is 0.248 e. The van der Waals surface area contributed by atoms with Gasteiger partial charge in [0.25, 0.3) is 0 Å². The second-order valence-corrected chi connectivity index (χ2v) is 3.02. The van der Waals surface area contributed by atoms with Crippen molar-refractivity contribution in [1.29, 1.82) is 0 Å². The zero-order valence-electron chi connectivity index (χ0n) is 8.27. The Morgan fingerprint density at radius 1 is 1.67 bits per heavy atom. The molecule has 1 heterocycles. The monoisotopic (exact) mass is 211 g/mol. The Morgan fingerprint density at radius 2 is 2.33 bits per heavy atom. The van der Waals surface area contributed by atoms with Crippen LogP contribution >= 0.6 is 0 Å². The van der Waals surface area contributed by atoms with E-state index in [0.29, 0.717) is 17.5 Å². The molecular weight excluding hydrogens is 198 g/mol. The molecule has 1 atom stereocenters. The van der Waals surface area contributed by atoms with Gasteiger partial charge in [-0.3, -0.25) is 4.79 Å². The van der Waals surface area contributed by atoms with Gasteiger partial charge in [-0.2, -0.15) is 0 Å². The van der Waals surface area contributed by atoms with Crippen LogP contribution in [0, 0.1) is 6.92 Å². The lowest BCUT2D eigenvalue weighted by Crippen LogP contribution is -2.34. The maximum Gasteiger partial charge on any atom is 0.248 e. The van der Waals surface area contributed by atoms with E-state index in [1.165, 1.54) is 6.07 Å². The summed E-state index contributed by atoms with van der Waals surface area (Å²) in [5.41, 5.74) is 10.4. The molecule has 1 unspecified atom stereocenters. The number of carbonyl (C=O) groups is 1. The van der Waals surface area contributed by atoms with Gasteiger partial charge in [-0.25, -0.2) is 9.97 Å². The lowest BCUT2D eigenvalue weighted by Gasteiger charge is -2.09. The van der Waals surface area contributed by atoms with Crippen LogP contribution in [0.25, 0.3) is 0 Å². The number of nitrogens with one attached hydrogen (secondary N) is 1. The molecule has 0 fully saturated rings. The second-order valence-electron chi connectivity index (χ2n) is 3.02. The normalized spacial score (nSPS) is 12.1. The number of aryl methyl sites for hydroxylation is 1. The number of carbonyl (C=O) groups excluding carboxylic acids is 1. The van der Waals surface area contributed by atoms with Crippen molar-refractivity contribution in [3.63, 3.8) is 0 Å². The molecule has 1 rings (SSSR count). The fourth-order valence-electron chi connectivity index (χ4n) is 0.983. The highest BCUT2D eigenvalue weighted by atomic mass is 16.3. The second kappa shape index (κ2) is 4.56. The minimum Gasteiger partial charge on any atom is -0.384 e. The van der Waals surface area contributed by atoms with E-state index in [9.17, 15) is 4.79 Å². The summed E-state index contributed by atoms with van der Waals surface area (Å²) in [7, 11) is 0. The molecule has 0 aliphatic carbocycles. The van der Waals surface area contributed by atoms with Crippen LogP contribution in [0.2, 0.25) is 0 Å². The number of anilines is 2. The van der Waals surface area contributed by atoms with E-state index in [2.05, 4.69) is 15.3 Å². The number of rotatable bonds is 4. The molecule has 15 heavy (non-hydrogen) atoms. The van der Waals surface area contributed by atoms with Gasteiger partial charge in [0.1, 0.15) is 23.6 Å². The molecule has 0 radical (unpaired) electrons. The SMILES string of the molecule is Cc1nc(N)cc(NCC(O)C(N)=O)n1. The first-order valence-corrected chi connectivity index (χ1v) is 4.31. The Hall–Kier alpha value is -1.89. The molecular formula is C8H13N5O2. The maximum atomic E-state index is 10.5. The average Bonchev–Trinajstić information content (AvgIpc) is 2.12. The minimum atomic E-state index is -1.25. The van der Waals surface area contributed by atoms with Gasteiger partial charge in [-0.05, 0) is 6.92 Å². The predicted molar refractivity (Wildman–Crippen MR) is 54.9 cm³/mol. The van der Waals surface area contributed by atoms with Crippen molar-refractivity contribution in [2.24, 2.45) is 5.73 Å². The third-order valence-corrected chi connectivity index (χ3v) is 1.66. The number of nitrogen functional groups attached to an aromatic ring is 1. The van der Waals surface area contributed by atoms with E-state index in [0.717, 1.165) is 0 Å². The summed E-state index contributed by atoms with van der Waals surface area (Å²) < 4.78 is 0. The first-order chi connectivity index (χ1) is 6.99.